The van der Waals surface area contributed by atoms with E-state index in [1.165, 1.54) is 29.8 Å². The minimum Gasteiger partial charge on any atom is -0.421 e. The molecular weight excluding hydrogens is 369 g/mol. The molecule has 0 unspecified atom stereocenters. The molecule has 28 heavy (non-hydrogen) atoms. The number of alkyl halides is 3. The third kappa shape index (κ3) is 5.45. The average Bonchev–Trinajstić information content (AvgIpc) is 3.08. The van der Waals surface area contributed by atoms with Gasteiger partial charge in [0.25, 0.3) is 0 Å². The second kappa shape index (κ2) is 8.29. The van der Waals surface area contributed by atoms with Crippen molar-refractivity contribution in [1.29, 1.82) is 0 Å². The van der Waals surface area contributed by atoms with Crippen molar-refractivity contribution in [2.75, 3.05) is 0 Å². The molecule has 0 aliphatic rings. The number of benzene rings is 2. The summed E-state index contributed by atoms with van der Waals surface area (Å²) in [6.07, 6.45) is -0.715. The van der Waals surface area contributed by atoms with Gasteiger partial charge in [-0.1, -0.05) is 50.2 Å². The molecule has 0 spiro atoms. The van der Waals surface area contributed by atoms with Crippen molar-refractivity contribution < 1.29 is 22.3 Å². The van der Waals surface area contributed by atoms with Gasteiger partial charge < -0.3 is 9.15 Å². The summed E-state index contributed by atoms with van der Waals surface area (Å²) in [6, 6.07) is 13.6. The summed E-state index contributed by atoms with van der Waals surface area (Å²) < 4.78 is 46.0. The number of aromatic nitrogens is 2. The van der Waals surface area contributed by atoms with Crippen molar-refractivity contribution in [3.05, 3.63) is 77.0 Å². The predicted octanol–water partition coefficient (Wildman–Crippen LogP) is 5.85. The fourth-order valence-corrected chi connectivity index (χ4v) is 2.74. The first-order valence-electron chi connectivity index (χ1n) is 8.74. The van der Waals surface area contributed by atoms with Crippen LogP contribution in [0.2, 0.25) is 0 Å². The zero-order valence-corrected chi connectivity index (χ0v) is 15.4. The van der Waals surface area contributed by atoms with Crippen molar-refractivity contribution in [3.63, 3.8) is 0 Å². The Morgan fingerprint density at radius 3 is 2.39 bits per heavy atom. The predicted molar refractivity (Wildman–Crippen MR) is 99.7 cm³/mol. The van der Waals surface area contributed by atoms with Crippen molar-refractivity contribution in [2.24, 2.45) is 0 Å². The van der Waals surface area contributed by atoms with Crippen LogP contribution < -0.4 is 4.74 Å². The van der Waals surface area contributed by atoms with Gasteiger partial charge in [-0.25, -0.2) is 0 Å². The Labute approximate surface area is 160 Å². The van der Waals surface area contributed by atoms with Crippen LogP contribution in [0.5, 0.6) is 5.75 Å². The van der Waals surface area contributed by atoms with Crippen LogP contribution in [-0.2, 0) is 6.42 Å². The van der Waals surface area contributed by atoms with Crippen molar-refractivity contribution in [2.45, 2.75) is 32.5 Å². The van der Waals surface area contributed by atoms with Gasteiger partial charge in [-0.2, -0.15) is 0 Å². The standard InChI is InChI=1S/C21H19F3N2O2/c1-14(2)18-6-4-3-5-16(18)9-12-19-25-26-20(27-19)13-15-7-10-17(11-8-15)28-21(22,23)24/h3-12,14H,13H2,1-2H3/b12-9+. The molecule has 0 N–H and O–H groups in total. The molecule has 4 nitrogen and oxygen atoms in total. The van der Waals surface area contributed by atoms with E-state index < -0.39 is 6.36 Å². The summed E-state index contributed by atoms with van der Waals surface area (Å²) in [5.41, 5.74) is 3.04. The van der Waals surface area contributed by atoms with Crippen LogP contribution in [0.1, 0.15) is 48.2 Å². The normalized spacial score (nSPS) is 12.1. The third-order valence-corrected chi connectivity index (χ3v) is 4.02. The van der Waals surface area contributed by atoms with E-state index >= 15 is 0 Å². The van der Waals surface area contributed by atoms with E-state index in [4.69, 9.17) is 4.42 Å². The Kier molecular flexibility index (Phi) is 5.82. The molecule has 0 radical (unpaired) electrons. The van der Waals surface area contributed by atoms with E-state index in [2.05, 4.69) is 34.8 Å². The van der Waals surface area contributed by atoms with Crippen molar-refractivity contribution in [3.8, 4) is 5.75 Å². The highest BCUT2D eigenvalue weighted by Gasteiger charge is 2.30. The molecule has 0 saturated carbocycles. The molecule has 2 aromatic carbocycles. The van der Waals surface area contributed by atoms with Gasteiger partial charge in [-0.05, 0) is 40.8 Å². The molecule has 3 rings (SSSR count). The fraction of sp³-hybridized carbons (Fsp3) is 0.238. The summed E-state index contributed by atoms with van der Waals surface area (Å²) in [6.45, 7) is 4.25. The number of nitrogens with zero attached hydrogens (tertiary/aromatic N) is 2. The smallest absolute Gasteiger partial charge is 0.421 e. The number of rotatable bonds is 6. The molecule has 0 aliphatic carbocycles. The molecule has 0 aliphatic heterocycles. The topological polar surface area (TPSA) is 48.2 Å². The molecule has 146 valence electrons. The largest absolute Gasteiger partial charge is 0.573 e. The molecule has 0 saturated heterocycles. The van der Waals surface area contributed by atoms with Gasteiger partial charge in [0, 0.05) is 6.08 Å². The lowest BCUT2D eigenvalue weighted by atomic mass is 9.97. The van der Waals surface area contributed by atoms with Crippen LogP contribution in [0.15, 0.2) is 52.9 Å². The van der Waals surface area contributed by atoms with E-state index in [-0.39, 0.29) is 5.75 Å². The maximum absolute atomic E-state index is 12.2. The van der Waals surface area contributed by atoms with E-state index in [1.54, 1.807) is 6.08 Å². The highest BCUT2D eigenvalue weighted by molar-refractivity contribution is 5.68. The van der Waals surface area contributed by atoms with E-state index in [0.29, 0.717) is 24.1 Å². The van der Waals surface area contributed by atoms with Gasteiger partial charge in [0.05, 0.1) is 6.42 Å². The number of hydrogen-bond donors (Lipinski definition) is 0. The van der Waals surface area contributed by atoms with Crippen molar-refractivity contribution in [1.82, 2.24) is 10.2 Å². The van der Waals surface area contributed by atoms with Crippen LogP contribution in [-0.4, -0.2) is 16.6 Å². The Balaban J connectivity index is 1.66. The minimum atomic E-state index is -4.70. The molecule has 1 heterocycles. The lowest BCUT2D eigenvalue weighted by Crippen LogP contribution is -2.17. The molecule has 0 fully saturated rings. The van der Waals surface area contributed by atoms with Crippen LogP contribution in [0.4, 0.5) is 13.2 Å². The van der Waals surface area contributed by atoms with Gasteiger partial charge in [0.1, 0.15) is 5.75 Å². The maximum Gasteiger partial charge on any atom is 0.573 e. The molecule has 1 aromatic heterocycles. The van der Waals surface area contributed by atoms with E-state index in [1.807, 2.05) is 24.3 Å². The highest BCUT2D eigenvalue weighted by atomic mass is 19.4. The Morgan fingerprint density at radius 2 is 1.71 bits per heavy atom. The quantitative estimate of drug-likeness (QED) is 0.531. The highest BCUT2D eigenvalue weighted by Crippen LogP contribution is 2.24. The molecule has 7 heteroatoms. The summed E-state index contributed by atoms with van der Waals surface area (Å²) in [4.78, 5) is 0. The molecule has 0 amide bonds. The lowest BCUT2D eigenvalue weighted by molar-refractivity contribution is -0.274. The first-order chi connectivity index (χ1) is 13.3. The molecule has 3 aromatic rings. The van der Waals surface area contributed by atoms with E-state index in [9.17, 15) is 13.2 Å². The van der Waals surface area contributed by atoms with E-state index in [0.717, 1.165) is 11.1 Å². The molecule has 0 bridgehead atoms. The molecular formula is C21H19F3N2O2. The van der Waals surface area contributed by atoms with Gasteiger partial charge >= 0.3 is 6.36 Å². The van der Waals surface area contributed by atoms with Gasteiger partial charge in [-0.15, -0.1) is 23.4 Å². The summed E-state index contributed by atoms with van der Waals surface area (Å²) in [7, 11) is 0. The zero-order valence-electron chi connectivity index (χ0n) is 15.4. The summed E-state index contributed by atoms with van der Waals surface area (Å²) >= 11 is 0. The van der Waals surface area contributed by atoms with Gasteiger partial charge in [0.15, 0.2) is 0 Å². The minimum absolute atomic E-state index is 0.269. The van der Waals surface area contributed by atoms with Crippen LogP contribution in [0.3, 0.4) is 0 Å². The van der Waals surface area contributed by atoms with Gasteiger partial charge in [0.2, 0.25) is 11.8 Å². The fourth-order valence-electron chi connectivity index (χ4n) is 2.74. The van der Waals surface area contributed by atoms with Gasteiger partial charge in [-0.3, -0.25) is 0 Å². The third-order valence-electron chi connectivity index (χ3n) is 4.02. The van der Waals surface area contributed by atoms with Crippen LogP contribution in [0.25, 0.3) is 12.2 Å². The number of halogens is 3. The number of hydrogen-bond acceptors (Lipinski definition) is 4. The summed E-state index contributed by atoms with van der Waals surface area (Å²) in [5, 5.41) is 7.98. The number of ether oxygens (including phenoxy) is 1. The Bertz CT molecular complexity index is 945. The second-order valence-electron chi connectivity index (χ2n) is 6.52. The van der Waals surface area contributed by atoms with Crippen molar-refractivity contribution >= 4 is 12.2 Å². The Morgan fingerprint density at radius 1 is 1.00 bits per heavy atom. The first-order valence-corrected chi connectivity index (χ1v) is 8.74. The lowest BCUT2D eigenvalue weighted by Gasteiger charge is -2.08. The summed E-state index contributed by atoms with van der Waals surface area (Å²) in [5.74, 6) is 0.865. The first kappa shape index (κ1) is 19.7. The SMILES string of the molecule is CC(C)c1ccccc1/C=C/c1nnc(Cc2ccc(OC(F)(F)F)cc2)o1. The molecule has 0 atom stereocenters. The average molecular weight is 388 g/mol. The van der Waals surface area contributed by atoms with Crippen LogP contribution in [0, 0.1) is 0 Å². The monoisotopic (exact) mass is 388 g/mol. The van der Waals surface area contributed by atoms with Crippen LogP contribution >= 0.6 is 0 Å². The zero-order chi connectivity index (χ0) is 20.1. The Hall–Kier alpha value is -3.09. The second-order valence-corrected chi connectivity index (χ2v) is 6.52. The maximum atomic E-state index is 12.2.